The summed E-state index contributed by atoms with van der Waals surface area (Å²) in [5.41, 5.74) is -0.715. The van der Waals surface area contributed by atoms with Crippen LogP contribution in [0.3, 0.4) is 0 Å². The predicted octanol–water partition coefficient (Wildman–Crippen LogP) is 3.37. The summed E-state index contributed by atoms with van der Waals surface area (Å²) in [6.45, 7) is 0. The summed E-state index contributed by atoms with van der Waals surface area (Å²) in [7, 11) is 0. The van der Waals surface area contributed by atoms with Crippen LogP contribution in [0, 0.1) is 0 Å². The van der Waals surface area contributed by atoms with Gasteiger partial charge in [0, 0.05) is 0 Å². The predicted molar refractivity (Wildman–Crippen MR) is 86.9 cm³/mol. The molecule has 1 aliphatic heterocycles. The third kappa shape index (κ3) is 3.34. The van der Waals surface area contributed by atoms with E-state index in [0.717, 1.165) is 35.2 Å². The number of barbiturate groups is 1. The Morgan fingerprint density at radius 3 is 2.08 bits per heavy atom. The maximum Gasteiger partial charge on any atom is 0.416 e. The van der Waals surface area contributed by atoms with Crippen molar-refractivity contribution < 1.29 is 27.6 Å². The van der Waals surface area contributed by atoms with Crippen molar-refractivity contribution in [2.75, 3.05) is 4.90 Å². The van der Waals surface area contributed by atoms with Gasteiger partial charge in [0.05, 0.1) is 11.3 Å². The Bertz CT molecular complexity index is 904. The van der Waals surface area contributed by atoms with Crippen LogP contribution in [0.1, 0.15) is 11.1 Å². The molecule has 1 N–H and O–H groups in total. The highest BCUT2D eigenvalue weighted by molar-refractivity contribution is 6.39. The molecule has 0 spiro atoms. The standard InChI is InChI=1S/C18H11F3N2O3/c19-18(20,21)12-8-6-11(7-9-12)10-14-15(24)22-17(26)23(16(14)25)13-4-2-1-3-5-13/h1-10H,(H,22,24,26)/b14-10-. The number of amides is 4. The molecule has 0 bridgehead atoms. The van der Waals surface area contributed by atoms with Crippen LogP contribution in [0.2, 0.25) is 0 Å². The second-order valence-corrected chi connectivity index (χ2v) is 5.41. The van der Waals surface area contributed by atoms with E-state index in [1.54, 1.807) is 18.2 Å². The van der Waals surface area contributed by atoms with Crippen LogP contribution >= 0.6 is 0 Å². The normalized spacial score (nSPS) is 16.8. The molecule has 2 aromatic carbocycles. The van der Waals surface area contributed by atoms with Gasteiger partial charge in [0.1, 0.15) is 5.57 Å². The summed E-state index contributed by atoms with van der Waals surface area (Å²) in [6.07, 6.45) is -3.35. The van der Waals surface area contributed by atoms with E-state index in [1.807, 2.05) is 5.32 Å². The number of benzene rings is 2. The minimum Gasteiger partial charge on any atom is -0.273 e. The molecule has 4 amide bonds. The fourth-order valence-electron chi connectivity index (χ4n) is 2.40. The van der Waals surface area contributed by atoms with Crippen LogP contribution in [0.5, 0.6) is 0 Å². The third-order valence-electron chi connectivity index (χ3n) is 3.67. The molecule has 3 rings (SSSR count). The van der Waals surface area contributed by atoms with Crippen molar-refractivity contribution in [1.29, 1.82) is 0 Å². The van der Waals surface area contributed by atoms with E-state index in [-0.39, 0.29) is 16.8 Å². The Hall–Kier alpha value is -3.42. The van der Waals surface area contributed by atoms with Crippen LogP contribution < -0.4 is 10.2 Å². The summed E-state index contributed by atoms with van der Waals surface area (Å²) in [6, 6.07) is 11.0. The lowest BCUT2D eigenvalue weighted by Gasteiger charge is -2.26. The molecule has 0 aliphatic carbocycles. The largest absolute Gasteiger partial charge is 0.416 e. The number of imide groups is 2. The SMILES string of the molecule is O=C1NC(=O)N(c2ccccc2)C(=O)/C1=C\c1ccc(C(F)(F)F)cc1. The van der Waals surface area contributed by atoms with Gasteiger partial charge >= 0.3 is 12.2 Å². The number of nitrogens with zero attached hydrogens (tertiary/aromatic N) is 1. The number of halogens is 3. The van der Waals surface area contributed by atoms with Crippen LogP contribution in [0.25, 0.3) is 6.08 Å². The molecule has 1 heterocycles. The van der Waals surface area contributed by atoms with Crippen molar-refractivity contribution in [3.63, 3.8) is 0 Å². The van der Waals surface area contributed by atoms with Gasteiger partial charge in [-0.3, -0.25) is 14.9 Å². The number of urea groups is 1. The zero-order valence-corrected chi connectivity index (χ0v) is 13.1. The lowest BCUT2D eigenvalue weighted by atomic mass is 10.1. The Morgan fingerprint density at radius 2 is 1.50 bits per heavy atom. The van der Waals surface area contributed by atoms with Gasteiger partial charge in [0.2, 0.25) is 0 Å². The molecule has 26 heavy (non-hydrogen) atoms. The molecule has 2 aromatic rings. The number of hydrogen-bond acceptors (Lipinski definition) is 3. The molecule has 0 radical (unpaired) electrons. The highest BCUT2D eigenvalue weighted by Gasteiger charge is 2.36. The van der Waals surface area contributed by atoms with Gasteiger partial charge < -0.3 is 0 Å². The Balaban J connectivity index is 1.95. The minimum atomic E-state index is -4.49. The summed E-state index contributed by atoms with van der Waals surface area (Å²) in [4.78, 5) is 37.3. The second-order valence-electron chi connectivity index (χ2n) is 5.41. The molecule has 5 nitrogen and oxygen atoms in total. The average molecular weight is 360 g/mol. The molecule has 1 saturated heterocycles. The number of rotatable bonds is 2. The molecular formula is C18H11F3N2O3. The van der Waals surface area contributed by atoms with Crippen LogP contribution in [0.4, 0.5) is 23.7 Å². The molecule has 1 aliphatic rings. The Labute approximate surface area is 145 Å². The van der Waals surface area contributed by atoms with Gasteiger partial charge in [-0.2, -0.15) is 13.2 Å². The number of hydrogen-bond donors (Lipinski definition) is 1. The van der Waals surface area contributed by atoms with Crippen molar-refractivity contribution in [2.24, 2.45) is 0 Å². The Kier molecular flexibility index (Phi) is 4.33. The molecular weight excluding hydrogens is 349 g/mol. The summed E-state index contributed by atoms with van der Waals surface area (Å²) in [5, 5.41) is 2.04. The number of anilines is 1. The van der Waals surface area contributed by atoms with Crippen molar-refractivity contribution in [1.82, 2.24) is 5.32 Å². The first-order chi connectivity index (χ1) is 12.3. The number of nitrogens with one attached hydrogen (secondary N) is 1. The number of carbonyl (C=O) groups is 3. The van der Waals surface area contributed by atoms with Crippen molar-refractivity contribution in [3.05, 3.63) is 71.3 Å². The number of para-hydroxylation sites is 1. The van der Waals surface area contributed by atoms with Crippen molar-refractivity contribution >= 4 is 29.6 Å². The van der Waals surface area contributed by atoms with E-state index in [4.69, 9.17) is 0 Å². The highest BCUT2D eigenvalue weighted by Crippen LogP contribution is 2.29. The fourth-order valence-corrected chi connectivity index (χ4v) is 2.40. The zero-order valence-electron chi connectivity index (χ0n) is 13.1. The van der Waals surface area contributed by atoms with Crippen LogP contribution in [-0.2, 0) is 15.8 Å². The molecule has 1 fully saturated rings. The topological polar surface area (TPSA) is 66.5 Å². The van der Waals surface area contributed by atoms with E-state index in [0.29, 0.717) is 0 Å². The van der Waals surface area contributed by atoms with Crippen molar-refractivity contribution in [2.45, 2.75) is 6.18 Å². The van der Waals surface area contributed by atoms with E-state index in [9.17, 15) is 27.6 Å². The van der Waals surface area contributed by atoms with Gasteiger partial charge in [-0.15, -0.1) is 0 Å². The van der Waals surface area contributed by atoms with E-state index in [1.165, 1.54) is 12.1 Å². The first-order valence-electron chi connectivity index (χ1n) is 7.41. The summed E-state index contributed by atoms with van der Waals surface area (Å²) < 4.78 is 37.8. The van der Waals surface area contributed by atoms with Gasteiger partial charge in [-0.1, -0.05) is 30.3 Å². The number of alkyl halides is 3. The fraction of sp³-hybridized carbons (Fsp3) is 0.0556. The second kappa shape index (κ2) is 6.47. The van der Waals surface area contributed by atoms with Gasteiger partial charge in [0.15, 0.2) is 0 Å². The van der Waals surface area contributed by atoms with Gasteiger partial charge in [0.25, 0.3) is 11.8 Å². The van der Waals surface area contributed by atoms with Gasteiger partial charge in [-0.05, 0) is 35.9 Å². The quantitative estimate of drug-likeness (QED) is 0.660. The van der Waals surface area contributed by atoms with Crippen LogP contribution in [0.15, 0.2) is 60.2 Å². The van der Waals surface area contributed by atoms with E-state index < -0.39 is 29.6 Å². The van der Waals surface area contributed by atoms with E-state index in [2.05, 4.69) is 0 Å². The molecule has 0 saturated carbocycles. The van der Waals surface area contributed by atoms with Crippen LogP contribution in [-0.4, -0.2) is 17.8 Å². The van der Waals surface area contributed by atoms with Gasteiger partial charge in [-0.25, -0.2) is 9.69 Å². The first kappa shape index (κ1) is 17.4. The average Bonchev–Trinajstić information content (AvgIpc) is 2.59. The summed E-state index contributed by atoms with van der Waals surface area (Å²) >= 11 is 0. The lowest BCUT2D eigenvalue weighted by molar-refractivity contribution is -0.137. The minimum absolute atomic E-state index is 0.221. The lowest BCUT2D eigenvalue weighted by Crippen LogP contribution is -2.54. The maximum absolute atomic E-state index is 12.6. The maximum atomic E-state index is 12.6. The molecule has 0 unspecified atom stereocenters. The molecule has 8 heteroatoms. The molecule has 0 aromatic heterocycles. The summed E-state index contributed by atoms with van der Waals surface area (Å²) in [5.74, 6) is -1.77. The zero-order chi connectivity index (χ0) is 18.9. The smallest absolute Gasteiger partial charge is 0.273 e. The first-order valence-corrected chi connectivity index (χ1v) is 7.41. The highest BCUT2D eigenvalue weighted by atomic mass is 19.4. The van der Waals surface area contributed by atoms with E-state index >= 15 is 0 Å². The molecule has 132 valence electrons. The monoisotopic (exact) mass is 360 g/mol. The number of carbonyl (C=O) groups excluding carboxylic acids is 3. The Morgan fingerprint density at radius 1 is 0.885 bits per heavy atom. The third-order valence-corrected chi connectivity index (χ3v) is 3.67. The van der Waals surface area contributed by atoms with Crippen molar-refractivity contribution in [3.8, 4) is 0 Å². The molecule has 0 atom stereocenters.